The van der Waals surface area contributed by atoms with Crippen LogP contribution in [0, 0.1) is 33.5 Å². The Morgan fingerprint density at radius 3 is 2.24 bits per heavy atom. The van der Waals surface area contributed by atoms with Gasteiger partial charge < -0.3 is 20.1 Å². The van der Waals surface area contributed by atoms with Crippen molar-refractivity contribution < 1.29 is 14.3 Å². The predicted molar refractivity (Wildman–Crippen MR) is 119 cm³/mol. The van der Waals surface area contributed by atoms with E-state index in [2.05, 4.69) is 17.1 Å². The zero-order valence-corrected chi connectivity index (χ0v) is 18.4. The van der Waals surface area contributed by atoms with E-state index in [0.717, 1.165) is 5.56 Å². The number of amidine groups is 1. The van der Waals surface area contributed by atoms with E-state index < -0.39 is 22.2 Å². The van der Waals surface area contributed by atoms with Crippen molar-refractivity contribution >= 4 is 17.4 Å². The Labute approximate surface area is 191 Å². The number of benzene rings is 2. The zero-order chi connectivity index (χ0) is 23.5. The molecular formula is C25H23N5O3. The summed E-state index contributed by atoms with van der Waals surface area (Å²) < 4.78 is 11.9. The molecule has 3 atom stereocenters. The second kappa shape index (κ2) is 6.89. The average molecular weight is 441 g/mol. The smallest absolute Gasteiger partial charge is 0.294 e. The van der Waals surface area contributed by atoms with Gasteiger partial charge in [0.05, 0.1) is 18.7 Å². The lowest BCUT2D eigenvalue weighted by Crippen LogP contribution is -2.49. The van der Waals surface area contributed by atoms with Crippen LogP contribution in [0.1, 0.15) is 25.0 Å². The summed E-state index contributed by atoms with van der Waals surface area (Å²) in [6.45, 7) is 4.08. The highest BCUT2D eigenvalue weighted by Gasteiger charge is 3.05. The van der Waals surface area contributed by atoms with Gasteiger partial charge in [0.2, 0.25) is 5.91 Å². The number of nitriles is 2. The molecule has 33 heavy (non-hydrogen) atoms. The Bertz CT molecular complexity index is 1260. The van der Waals surface area contributed by atoms with Crippen LogP contribution in [-0.4, -0.2) is 30.9 Å². The number of hydrogen-bond acceptors (Lipinski definition) is 7. The highest BCUT2D eigenvalue weighted by Crippen LogP contribution is 2.87. The molecule has 1 aliphatic carbocycles. The molecular weight excluding hydrogens is 418 g/mol. The summed E-state index contributed by atoms with van der Waals surface area (Å²) in [6.07, 6.45) is 0. The first-order chi connectivity index (χ1) is 16.0. The molecule has 0 unspecified atom stereocenters. The third-order valence-electron chi connectivity index (χ3n) is 7.11. The predicted octanol–water partition coefficient (Wildman–Crippen LogP) is 2.60. The van der Waals surface area contributed by atoms with Gasteiger partial charge in [-0.15, -0.1) is 0 Å². The fraction of sp³-hybridized carbons (Fsp3) is 0.360. The fourth-order valence-corrected chi connectivity index (χ4v) is 6.03. The van der Waals surface area contributed by atoms with Gasteiger partial charge in [-0.3, -0.25) is 4.79 Å². The molecule has 2 N–H and O–H groups in total. The maximum atomic E-state index is 14.3. The van der Waals surface area contributed by atoms with Crippen molar-refractivity contribution in [3.8, 4) is 12.1 Å². The quantitative estimate of drug-likeness (QED) is 0.687. The lowest BCUT2D eigenvalue weighted by atomic mass is 9.84. The molecule has 1 saturated carbocycles. The number of carbonyl (C=O) groups excluding carboxylic acids is 1. The molecule has 1 fully saturated rings. The Balaban J connectivity index is 1.78. The monoisotopic (exact) mass is 441 g/mol. The largest absolute Gasteiger partial charge is 0.386 e. The molecule has 2 heterocycles. The molecule has 0 aromatic heterocycles. The van der Waals surface area contributed by atoms with Gasteiger partial charge in [-0.05, 0) is 31.0 Å². The van der Waals surface area contributed by atoms with Crippen molar-refractivity contribution in [3.05, 3.63) is 65.7 Å². The van der Waals surface area contributed by atoms with Gasteiger partial charge in [-0.25, -0.2) is 4.99 Å². The molecule has 1 amide bonds. The number of rotatable bonds is 6. The molecule has 5 rings (SSSR count). The Morgan fingerprint density at radius 1 is 1.00 bits per heavy atom. The van der Waals surface area contributed by atoms with Crippen LogP contribution in [0.4, 0.5) is 5.69 Å². The van der Waals surface area contributed by atoms with Crippen molar-refractivity contribution in [1.29, 1.82) is 10.5 Å². The summed E-state index contributed by atoms with van der Waals surface area (Å²) in [5.74, 6) is -2.35. The van der Waals surface area contributed by atoms with Crippen LogP contribution >= 0.6 is 0 Å². The van der Waals surface area contributed by atoms with Gasteiger partial charge in [0.15, 0.2) is 10.8 Å². The van der Waals surface area contributed by atoms with Crippen LogP contribution in [-0.2, 0) is 26.2 Å². The van der Waals surface area contributed by atoms with E-state index in [0.29, 0.717) is 11.3 Å². The minimum Gasteiger partial charge on any atom is -0.386 e. The van der Waals surface area contributed by atoms with Crippen LogP contribution in [0.15, 0.2) is 59.6 Å². The van der Waals surface area contributed by atoms with Gasteiger partial charge >= 0.3 is 0 Å². The maximum Gasteiger partial charge on any atom is 0.294 e. The van der Waals surface area contributed by atoms with E-state index in [1.807, 2.05) is 42.5 Å². The number of hydrogen-bond donors (Lipinski definition) is 1. The SMILES string of the molecule is CCOC1(OCC)N=C(N)[C@@]2(C#N)[C@]3(C(=O)N(Cc4ccccc4)c4ccccc43)[C@@]12C#N. The standard InChI is InChI=1S/C25H23N5O3/c1-3-32-25(33-4-2)23(16-27)22(15-26,20(28)29-25)24(23)18-12-8-9-13-19(18)30(21(24)31)14-17-10-6-5-7-11-17/h5-13H,3-4,14H2,1-2H3,(H2,28,29)/t22-,23+,24+/m1/s1. The van der Waals surface area contributed by atoms with E-state index in [4.69, 9.17) is 15.2 Å². The Kier molecular flexibility index (Phi) is 4.41. The molecule has 8 heteroatoms. The molecule has 0 bridgehead atoms. The number of carbonyl (C=O) groups is 1. The first-order valence-electron chi connectivity index (χ1n) is 10.9. The highest BCUT2D eigenvalue weighted by molar-refractivity contribution is 6.21. The Hall–Kier alpha value is -3.72. The number of fused-ring (bicyclic) bond motifs is 5. The molecule has 8 nitrogen and oxygen atoms in total. The van der Waals surface area contributed by atoms with E-state index >= 15 is 0 Å². The van der Waals surface area contributed by atoms with Crippen LogP contribution in [0.3, 0.4) is 0 Å². The number of nitrogens with two attached hydrogens (primary N) is 1. The topological polar surface area (TPSA) is 125 Å². The Morgan fingerprint density at radius 2 is 1.64 bits per heavy atom. The van der Waals surface area contributed by atoms with Crippen molar-refractivity contribution in [2.45, 2.75) is 31.7 Å². The number of amides is 1. The molecule has 1 spiro atoms. The van der Waals surface area contributed by atoms with Gasteiger partial charge in [0.25, 0.3) is 5.91 Å². The van der Waals surface area contributed by atoms with Gasteiger partial charge in [0.1, 0.15) is 11.3 Å². The number of anilines is 1. The van der Waals surface area contributed by atoms with E-state index in [-0.39, 0.29) is 31.5 Å². The lowest BCUT2D eigenvalue weighted by molar-refractivity contribution is -0.257. The third-order valence-corrected chi connectivity index (χ3v) is 7.11. The van der Waals surface area contributed by atoms with Crippen molar-refractivity contribution in [1.82, 2.24) is 0 Å². The normalized spacial score (nSPS) is 30.4. The summed E-state index contributed by atoms with van der Waals surface area (Å²) in [6, 6.07) is 21.3. The minimum atomic E-state index is -1.86. The summed E-state index contributed by atoms with van der Waals surface area (Å²) in [5.41, 5.74) is 3.43. The summed E-state index contributed by atoms with van der Waals surface area (Å²) in [7, 11) is 0. The molecule has 0 radical (unpaired) electrons. The summed E-state index contributed by atoms with van der Waals surface area (Å²) >= 11 is 0. The second-order valence-corrected chi connectivity index (χ2v) is 8.31. The number of ether oxygens (including phenoxy) is 2. The van der Waals surface area contributed by atoms with Crippen LogP contribution in [0.5, 0.6) is 0 Å². The summed E-state index contributed by atoms with van der Waals surface area (Å²) in [5, 5.41) is 21.2. The van der Waals surface area contributed by atoms with Crippen LogP contribution in [0.25, 0.3) is 0 Å². The van der Waals surface area contributed by atoms with Crippen molar-refractivity contribution in [2.75, 3.05) is 18.1 Å². The van der Waals surface area contributed by atoms with E-state index in [9.17, 15) is 15.3 Å². The first kappa shape index (κ1) is 21.1. The van der Waals surface area contributed by atoms with Crippen molar-refractivity contribution in [3.63, 3.8) is 0 Å². The van der Waals surface area contributed by atoms with Gasteiger partial charge in [-0.2, -0.15) is 10.5 Å². The molecule has 2 aromatic carbocycles. The molecule has 2 aromatic rings. The van der Waals surface area contributed by atoms with E-state index in [1.165, 1.54) is 0 Å². The molecule has 166 valence electrons. The van der Waals surface area contributed by atoms with Crippen LogP contribution in [0.2, 0.25) is 0 Å². The second-order valence-electron chi connectivity index (χ2n) is 8.31. The summed E-state index contributed by atoms with van der Waals surface area (Å²) in [4.78, 5) is 20.3. The van der Waals surface area contributed by atoms with Crippen molar-refractivity contribution in [2.24, 2.45) is 21.6 Å². The number of para-hydroxylation sites is 1. The van der Waals surface area contributed by atoms with Gasteiger partial charge in [-0.1, -0.05) is 48.5 Å². The lowest BCUT2D eigenvalue weighted by Gasteiger charge is -2.33. The zero-order valence-electron chi connectivity index (χ0n) is 18.4. The highest BCUT2D eigenvalue weighted by atomic mass is 16.7. The number of aliphatic imine (C=N–C) groups is 1. The van der Waals surface area contributed by atoms with Crippen LogP contribution < -0.4 is 10.6 Å². The van der Waals surface area contributed by atoms with E-state index in [1.54, 1.807) is 30.9 Å². The molecule has 0 saturated heterocycles. The van der Waals surface area contributed by atoms with Gasteiger partial charge in [0, 0.05) is 18.9 Å². The maximum absolute atomic E-state index is 14.3. The fourth-order valence-electron chi connectivity index (χ4n) is 6.03. The third kappa shape index (κ3) is 2.02. The average Bonchev–Trinajstić information content (AvgIpc) is 3.24. The minimum absolute atomic E-state index is 0.113. The number of nitrogens with zero attached hydrogens (tertiary/aromatic N) is 4. The molecule has 2 aliphatic heterocycles. The molecule has 3 aliphatic rings. The first-order valence-corrected chi connectivity index (χ1v) is 10.9.